The fourth-order valence-electron chi connectivity index (χ4n) is 2.80. The molecule has 0 radical (unpaired) electrons. The van der Waals surface area contributed by atoms with Crippen LogP contribution in [0.5, 0.6) is 0 Å². The zero-order valence-corrected chi connectivity index (χ0v) is 15.4. The monoisotopic (exact) mass is 368 g/mol. The number of rotatable bonds is 7. The molecule has 0 atom stereocenters. The third-order valence-corrected chi connectivity index (χ3v) is 4.29. The van der Waals surface area contributed by atoms with E-state index in [0.29, 0.717) is 31.1 Å². The van der Waals surface area contributed by atoms with E-state index in [1.807, 2.05) is 36.4 Å². The number of hydrogen-bond acceptors (Lipinski definition) is 4. The van der Waals surface area contributed by atoms with Crippen molar-refractivity contribution in [2.24, 2.45) is 0 Å². The molecule has 1 aliphatic heterocycles. The summed E-state index contributed by atoms with van der Waals surface area (Å²) in [5.41, 5.74) is 2.43. The zero-order chi connectivity index (χ0) is 19.1. The lowest BCUT2D eigenvalue weighted by Gasteiger charge is -2.19. The standard InChI is InChI=1S/C20H24N4O3/c1-23(12-6-11-21-16-7-3-2-4-8-16)19(25)22-17-9-5-10-18(15-17)24-13-14-27-20(24)26/h2-5,7-10,15,21H,6,11-14H2,1H3,(H,22,25). The van der Waals surface area contributed by atoms with Gasteiger partial charge in [-0.05, 0) is 36.8 Å². The number of benzene rings is 2. The van der Waals surface area contributed by atoms with Crippen LogP contribution in [0.2, 0.25) is 0 Å². The van der Waals surface area contributed by atoms with E-state index in [9.17, 15) is 9.59 Å². The van der Waals surface area contributed by atoms with Crippen molar-refractivity contribution in [1.29, 1.82) is 0 Å². The Balaban J connectivity index is 1.46. The van der Waals surface area contributed by atoms with Crippen LogP contribution in [0.15, 0.2) is 54.6 Å². The van der Waals surface area contributed by atoms with Crippen LogP contribution >= 0.6 is 0 Å². The molecule has 0 unspecified atom stereocenters. The molecule has 0 saturated carbocycles. The normalized spacial score (nSPS) is 13.2. The van der Waals surface area contributed by atoms with E-state index >= 15 is 0 Å². The Labute approximate surface area is 158 Å². The van der Waals surface area contributed by atoms with Crippen molar-refractivity contribution in [3.63, 3.8) is 0 Å². The third kappa shape index (κ3) is 5.13. The Morgan fingerprint density at radius 1 is 1.15 bits per heavy atom. The Kier molecular flexibility index (Phi) is 6.14. The van der Waals surface area contributed by atoms with Gasteiger partial charge in [-0.25, -0.2) is 9.59 Å². The van der Waals surface area contributed by atoms with Crippen molar-refractivity contribution >= 4 is 29.2 Å². The topological polar surface area (TPSA) is 73.9 Å². The van der Waals surface area contributed by atoms with Gasteiger partial charge >= 0.3 is 12.1 Å². The average molecular weight is 368 g/mol. The highest BCUT2D eigenvalue weighted by Gasteiger charge is 2.23. The molecular formula is C20H24N4O3. The summed E-state index contributed by atoms with van der Waals surface area (Å²) in [6, 6.07) is 17.0. The predicted octanol–water partition coefficient (Wildman–Crippen LogP) is 3.61. The number of anilines is 3. The number of amides is 3. The van der Waals surface area contributed by atoms with Gasteiger partial charge in [-0.3, -0.25) is 4.90 Å². The number of nitrogens with zero attached hydrogens (tertiary/aromatic N) is 2. The van der Waals surface area contributed by atoms with E-state index < -0.39 is 0 Å². The molecule has 2 aromatic carbocycles. The molecule has 1 heterocycles. The van der Waals surface area contributed by atoms with Gasteiger partial charge in [-0.2, -0.15) is 0 Å². The fourth-order valence-corrected chi connectivity index (χ4v) is 2.80. The lowest BCUT2D eigenvalue weighted by Crippen LogP contribution is -2.33. The van der Waals surface area contributed by atoms with Gasteiger partial charge in [0.25, 0.3) is 0 Å². The predicted molar refractivity (Wildman–Crippen MR) is 106 cm³/mol. The van der Waals surface area contributed by atoms with Gasteiger partial charge < -0.3 is 20.3 Å². The minimum Gasteiger partial charge on any atom is -0.447 e. The summed E-state index contributed by atoms with van der Waals surface area (Å²) in [5, 5.41) is 6.19. The Morgan fingerprint density at radius 2 is 1.93 bits per heavy atom. The molecule has 0 bridgehead atoms. The molecule has 2 N–H and O–H groups in total. The van der Waals surface area contributed by atoms with Crippen LogP contribution < -0.4 is 15.5 Å². The third-order valence-electron chi connectivity index (χ3n) is 4.29. The number of carbonyl (C=O) groups is 2. The summed E-state index contributed by atoms with van der Waals surface area (Å²) in [6.45, 7) is 2.32. The number of carbonyl (C=O) groups excluding carboxylic acids is 2. The van der Waals surface area contributed by atoms with Gasteiger partial charge in [0.1, 0.15) is 6.61 Å². The van der Waals surface area contributed by atoms with Crippen LogP contribution in [0.3, 0.4) is 0 Å². The highest BCUT2D eigenvalue weighted by atomic mass is 16.6. The van der Waals surface area contributed by atoms with E-state index in [0.717, 1.165) is 18.7 Å². The number of ether oxygens (including phenoxy) is 1. The van der Waals surface area contributed by atoms with Gasteiger partial charge in [0.15, 0.2) is 0 Å². The number of urea groups is 1. The molecule has 0 aromatic heterocycles. The summed E-state index contributed by atoms with van der Waals surface area (Å²) < 4.78 is 4.95. The smallest absolute Gasteiger partial charge is 0.414 e. The molecule has 27 heavy (non-hydrogen) atoms. The quantitative estimate of drug-likeness (QED) is 0.732. The Bertz CT molecular complexity index is 782. The minimum atomic E-state index is -0.360. The van der Waals surface area contributed by atoms with Gasteiger partial charge in [0.2, 0.25) is 0 Å². The van der Waals surface area contributed by atoms with Gasteiger partial charge in [0.05, 0.1) is 6.54 Å². The number of hydrogen-bond donors (Lipinski definition) is 2. The maximum absolute atomic E-state index is 12.4. The molecule has 7 nitrogen and oxygen atoms in total. The SMILES string of the molecule is CN(CCCNc1ccccc1)C(=O)Nc1cccc(N2CCOC2=O)c1. The first-order valence-corrected chi connectivity index (χ1v) is 8.99. The first-order valence-electron chi connectivity index (χ1n) is 8.99. The summed E-state index contributed by atoms with van der Waals surface area (Å²) in [7, 11) is 1.76. The Morgan fingerprint density at radius 3 is 2.67 bits per heavy atom. The molecular weight excluding hydrogens is 344 g/mol. The number of nitrogens with one attached hydrogen (secondary N) is 2. The molecule has 0 spiro atoms. The molecule has 3 rings (SSSR count). The molecule has 7 heteroatoms. The molecule has 1 saturated heterocycles. The summed E-state index contributed by atoms with van der Waals surface area (Å²) >= 11 is 0. The van der Waals surface area contributed by atoms with Crippen molar-refractivity contribution < 1.29 is 14.3 Å². The maximum atomic E-state index is 12.4. The van der Waals surface area contributed by atoms with E-state index in [2.05, 4.69) is 10.6 Å². The van der Waals surface area contributed by atoms with Crippen LogP contribution in [0.4, 0.5) is 26.7 Å². The van der Waals surface area contributed by atoms with Crippen molar-refractivity contribution in [3.05, 3.63) is 54.6 Å². The minimum absolute atomic E-state index is 0.184. The summed E-state index contributed by atoms with van der Waals surface area (Å²) in [4.78, 5) is 27.2. The molecule has 1 aliphatic rings. The van der Waals surface area contributed by atoms with E-state index in [-0.39, 0.29) is 12.1 Å². The second-order valence-corrected chi connectivity index (χ2v) is 6.31. The van der Waals surface area contributed by atoms with Crippen LogP contribution in [0.1, 0.15) is 6.42 Å². The van der Waals surface area contributed by atoms with Crippen molar-refractivity contribution in [3.8, 4) is 0 Å². The van der Waals surface area contributed by atoms with Crippen LogP contribution in [-0.4, -0.2) is 50.3 Å². The molecule has 3 amide bonds. The van der Waals surface area contributed by atoms with Crippen LogP contribution in [-0.2, 0) is 4.74 Å². The number of cyclic esters (lactones) is 1. The lowest BCUT2D eigenvalue weighted by molar-refractivity contribution is 0.181. The molecule has 0 aliphatic carbocycles. The number of para-hydroxylation sites is 1. The first kappa shape index (κ1) is 18.6. The van der Waals surface area contributed by atoms with Gasteiger partial charge in [-0.1, -0.05) is 24.3 Å². The van der Waals surface area contributed by atoms with Gasteiger partial charge in [0, 0.05) is 37.2 Å². The first-order chi connectivity index (χ1) is 13.1. The largest absolute Gasteiger partial charge is 0.447 e. The van der Waals surface area contributed by atoms with Crippen molar-refractivity contribution in [2.75, 3.05) is 48.8 Å². The summed E-state index contributed by atoms with van der Waals surface area (Å²) in [6.07, 6.45) is 0.472. The summed E-state index contributed by atoms with van der Waals surface area (Å²) in [5.74, 6) is 0. The Hall–Kier alpha value is -3.22. The van der Waals surface area contributed by atoms with E-state index in [1.54, 1.807) is 35.0 Å². The van der Waals surface area contributed by atoms with Gasteiger partial charge in [-0.15, -0.1) is 0 Å². The average Bonchev–Trinajstić information content (AvgIpc) is 3.12. The fraction of sp³-hybridized carbons (Fsp3) is 0.300. The maximum Gasteiger partial charge on any atom is 0.414 e. The van der Waals surface area contributed by atoms with Crippen LogP contribution in [0, 0.1) is 0 Å². The highest BCUT2D eigenvalue weighted by Crippen LogP contribution is 2.22. The lowest BCUT2D eigenvalue weighted by atomic mass is 10.2. The van der Waals surface area contributed by atoms with E-state index in [4.69, 9.17) is 4.74 Å². The van der Waals surface area contributed by atoms with E-state index in [1.165, 1.54) is 0 Å². The van der Waals surface area contributed by atoms with Crippen molar-refractivity contribution in [2.45, 2.75) is 6.42 Å². The molecule has 2 aromatic rings. The highest BCUT2D eigenvalue weighted by molar-refractivity contribution is 5.93. The second kappa shape index (κ2) is 8.93. The van der Waals surface area contributed by atoms with Crippen molar-refractivity contribution in [1.82, 2.24) is 4.90 Å². The molecule has 142 valence electrons. The molecule has 1 fully saturated rings. The second-order valence-electron chi connectivity index (χ2n) is 6.31. The zero-order valence-electron chi connectivity index (χ0n) is 15.4. The van der Waals surface area contributed by atoms with Crippen LogP contribution in [0.25, 0.3) is 0 Å².